The number of rotatable bonds is 5. The molecule has 168 valence electrons. The summed E-state index contributed by atoms with van der Waals surface area (Å²) in [5.74, 6) is -1.83. The molecule has 0 atom stereocenters. The summed E-state index contributed by atoms with van der Waals surface area (Å²) in [6.45, 7) is -0.555. The van der Waals surface area contributed by atoms with Crippen LogP contribution in [-0.2, 0) is 16.0 Å². The minimum absolute atomic E-state index is 0.352. The summed E-state index contributed by atoms with van der Waals surface area (Å²) >= 11 is 1.65. The lowest BCUT2D eigenvalue weighted by atomic mass is 10.0. The van der Waals surface area contributed by atoms with Crippen LogP contribution in [0.1, 0.15) is 43.3 Å². The molecule has 1 aliphatic carbocycles. The summed E-state index contributed by atoms with van der Waals surface area (Å²) in [7, 11) is 0. The lowest BCUT2D eigenvalue weighted by molar-refractivity contribution is -0.123. The number of allylic oxidation sites excluding steroid dienone is 1. The maximum absolute atomic E-state index is 13.2. The average molecular weight is 469 g/mol. The number of carbonyl (C=O) groups excluding carboxylic acids is 3. The Bertz CT molecular complexity index is 1430. The van der Waals surface area contributed by atoms with Gasteiger partial charge in [0.2, 0.25) is 0 Å². The second kappa shape index (κ2) is 9.41. The topological polar surface area (TPSA) is 85.4 Å². The Balaban J connectivity index is 1.39. The summed E-state index contributed by atoms with van der Waals surface area (Å²) in [5, 5.41) is 4.95. The van der Waals surface area contributed by atoms with Gasteiger partial charge in [-0.05, 0) is 59.7 Å². The molecule has 0 saturated carbocycles. The highest BCUT2D eigenvalue weighted by atomic mass is 32.1. The first-order valence-electron chi connectivity index (χ1n) is 10.8. The van der Waals surface area contributed by atoms with Crippen molar-refractivity contribution in [3.05, 3.63) is 99.4 Å². The molecule has 2 aromatic carbocycles. The number of nitrogens with zero attached hydrogens (tertiary/aromatic N) is 1. The largest absolute Gasteiger partial charge is 0.452 e. The quantitative estimate of drug-likeness (QED) is 0.421. The number of thiophene rings is 1. The van der Waals surface area contributed by atoms with Gasteiger partial charge >= 0.3 is 5.97 Å². The molecule has 2 amide bonds. The van der Waals surface area contributed by atoms with Crippen LogP contribution >= 0.6 is 11.3 Å². The lowest BCUT2D eigenvalue weighted by Crippen LogP contribution is -2.34. The number of hydrogen-bond donors (Lipinski definition) is 1. The minimum Gasteiger partial charge on any atom is -0.452 e. The zero-order chi connectivity index (χ0) is 23.5. The van der Waals surface area contributed by atoms with E-state index in [0.717, 1.165) is 28.1 Å². The molecule has 4 aromatic rings. The van der Waals surface area contributed by atoms with Gasteiger partial charge in [-0.2, -0.15) is 0 Å². The van der Waals surface area contributed by atoms with Crippen LogP contribution in [0.4, 0.5) is 0 Å². The number of imide groups is 1. The molecule has 5 rings (SSSR count). The van der Waals surface area contributed by atoms with Crippen molar-refractivity contribution < 1.29 is 19.1 Å². The van der Waals surface area contributed by atoms with Crippen molar-refractivity contribution in [3.63, 3.8) is 0 Å². The van der Waals surface area contributed by atoms with Crippen LogP contribution in [0.5, 0.6) is 0 Å². The fourth-order valence-corrected chi connectivity index (χ4v) is 4.77. The Hall–Kier alpha value is -4.10. The van der Waals surface area contributed by atoms with Gasteiger partial charge in [-0.15, -0.1) is 11.3 Å². The molecule has 1 aliphatic rings. The molecule has 6 nitrogen and oxygen atoms in total. The molecule has 0 saturated heterocycles. The normalized spacial score (nSPS) is 13.6. The van der Waals surface area contributed by atoms with E-state index >= 15 is 0 Å². The highest BCUT2D eigenvalue weighted by Gasteiger charge is 2.28. The van der Waals surface area contributed by atoms with E-state index in [9.17, 15) is 14.4 Å². The summed E-state index contributed by atoms with van der Waals surface area (Å²) in [6.07, 6.45) is 3.53. The van der Waals surface area contributed by atoms with E-state index < -0.39 is 24.4 Å². The predicted octanol–water partition coefficient (Wildman–Crippen LogP) is 4.90. The zero-order valence-electron chi connectivity index (χ0n) is 18.1. The Morgan fingerprint density at radius 1 is 0.971 bits per heavy atom. The van der Waals surface area contributed by atoms with Gasteiger partial charge in [0.15, 0.2) is 6.61 Å². The summed E-state index contributed by atoms with van der Waals surface area (Å²) in [4.78, 5) is 43.6. The van der Waals surface area contributed by atoms with Crippen molar-refractivity contribution >= 4 is 51.7 Å². The van der Waals surface area contributed by atoms with Crippen LogP contribution < -0.4 is 5.32 Å². The molecule has 0 radical (unpaired) electrons. The standard InChI is InChI=1S/C27H20N2O4S/c30-23(29-26(31)17-7-2-1-3-8-17)16-33-27(32)24-20-10-4-5-11-22(20)28-25-18(12-13-21(24)25)15-19-9-6-14-34-19/h1-11,14-15H,12-13,16H2,(H,29,30,31). The number of hydrogen-bond acceptors (Lipinski definition) is 6. The molecular weight excluding hydrogens is 448 g/mol. The number of nitrogens with one attached hydrogen (secondary N) is 1. The Morgan fingerprint density at radius 3 is 2.56 bits per heavy atom. The summed E-state index contributed by atoms with van der Waals surface area (Å²) in [6, 6.07) is 19.8. The van der Waals surface area contributed by atoms with Gasteiger partial charge in [-0.3, -0.25) is 14.9 Å². The monoisotopic (exact) mass is 468 g/mol. The number of pyridine rings is 1. The van der Waals surface area contributed by atoms with Crippen molar-refractivity contribution in [3.8, 4) is 0 Å². The van der Waals surface area contributed by atoms with Gasteiger partial charge in [0.1, 0.15) is 0 Å². The molecule has 0 fully saturated rings. The lowest BCUT2D eigenvalue weighted by Gasteiger charge is -2.12. The fraction of sp³-hybridized carbons (Fsp3) is 0.111. The summed E-state index contributed by atoms with van der Waals surface area (Å²) < 4.78 is 5.35. The van der Waals surface area contributed by atoms with Crippen molar-refractivity contribution in [1.82, 2.24) is 10.3 Å². The number of amides is 2. The van der Waals surface area contributed by atoms with E-state index in [1.54, 1.807) is 41.7 Å². The van der Waals surface area contributed by atoms with E-state index in [1.165, 1.54) is 0 Å². The minimum atomic E-state index is -0.685. The summed E-state index contributed by atoms with van der Waals surface area (Å²) in [5.41, 5.74) is 4.16. The van der Waals surface area contributed by atoms with Gasteiger partial charge < -0.3 is 4.74 Å². The van der Waals surface area contributed by atoms with E-state index in [-0.39, 0.29) is 0 Å². The third-order valence-corrected chi connectivity index (χ3v) is 6.45. The number of benzene rings is 2. The zero-order valence-corrected chi connectivity index (χ0v) is 18.9. The number of esters is 1. The Labute approximate surface area is 199 Å². The Kier molecular flexibility index (Phi) is 6.01. The van der Waals surface area contributed by atoms with E-state index in [0.29, 0.717) is 28.5 Å². The fourth-order valence-electron chi connectivity index (χ4n) is 4.08. The van der Waals surface area contributed by atoms with Crippen LogP contribution in [0.2, 0.25) is 0 Å². The van der Waals surface area contributed by atoms with Crippen molar-refractivity contribution in [2.75, 3.05) is 6.61 Å². The number of ether oxygens (including phenoxy) is 1. The molecule has 2 heterocycles. The van der Waals surface area contributed by atoms with Gasteiger partial charge in [0.25, 0.3) is 11.8 Å². The third kappa shape index (κ3) is 4.38. The van der Waals surface area contributed by atoms with Gasteiger partial charge in [0.05, 0.1) is 16.8 Å². The van der Waals surface area contributed by atoms with Crippen LogP contribution in [0.25, 0.3) is 22.6 Å². The van der Waals surface area contributed by atoms with Crippen molar-refractivity contribution in [1.29, 1.82) is 0 Å². The maximum Gasteiger partial charge on any atom is 0.339 e. The smallest absolute Gasteiger partial charge is 0.339 e. The first-order chi connectivity index (χ1) is 16.6. The van der Waals surface area contributed by atoms with Crippen LogP contribution in [0.15, 0.2) is 72.1 Å². The van der Waals surface area contributed by atoms with Gasteiger partial charge in [0, 0.05) is 15.8 Å². The third-order valence-electron chi connectivity index (χ3n) is 5.63. The van der Waals surface area contributed by atoms with Crippen LogP contribution in [-0.4, -0.2) is 29.4 Å². The van der Waals surface area contributed by atoms with Crippen LogP contribution in [0.3, 0.4) is 0 Å². The van der Waals surface area contributed by atoms with Gasteiger partial charge in [-0.25, -0.2) is 9.78 Å². The predicted molar refractivity (Wildman–Crippen MR) is 131 cm³/mol. The first kappa shape index (κ1) is 21.7. The van der Waals surface area contributed by atoms with Gasteiger partial charge in [-0.1, -0.05) is 42.5 Å². The average Bonchev–Trinajstić information content (AvgIpc) is 3.52. The Morgan fingerprint density at radius 2 is 1.76 bits per heavy atom. The SMILES string of the molecule is O=C(COC(=O)c1c2c(nc3ccccc13)C(=Cc1cccs1)CC2)NC(=O)c1ccccc1. The highest BCUT2D eigenvalue weighted by molar-refractivity contribution is 7.10. The number of carbonyl (C=O) groups is 3. The molecule has 34 heavy (non-hydrogen) atoms. The molecule has 1 N–H and O–H groups in total. The molecule has 7 heteroatoms. The molecule has 0 bridgehead atoms. The van der Waals surface area contributed by atoms with Crippen molar-refractivity contribution in [2.24, 2.45) is 0 Å². The van der Waals surface area contributed by atoms with E-state index in [2.05, 4.69) is 11.4 Å². The van der Waals surface area contributed by atoms with Crippen LogP contribution in [0, 0.1) is 0 Å². The molecule has 0 spiro atoms. The second-order valence-corrected chi connectivity index (χ2v) is 8.81. The maximum atomic E-state index is 13.2. The first-order valence-corrected chi connectivity index (χ1v) is 11.7. The van der Waals surface area contributed by atoms with Crippen molar-refractivity contribution in [2.45, 2.75) is 12.8 Å². The number of para-hydroxylation sites is 1. The second-order valence-electron chi connectivity index (χ2n) is 7.84. The highest BCUT2D eigenvalue weighted by Crippen LogP contribution is 2.38. The molecule has 0 aliphatic heterocycles. The molecule has 0 unspecified atom stereocenters. The number of fused-ring (bicyclic) bond motifs is 2. The molecule has 2 aromatic heterocycles. The van der Waals surface area contributed by atoms with E-state index in [4.69, 9.17) is 9.72 Å². The number of aromatic nitrogens is 1. The molecular formula is C27H20N2O4S. The van der Waals surface area contributed by atoms with E-state index in [1.807, 2.05) is 41.8 Å².